The molecule has 2 N–H and O–H groups in total. The summed E-state index contributed by atoms with van der Waals surface area (Å²) >= 11 is 1.30. The van der Waals surface area contributed by atoms with Crippen molar-refractivity contribution < 1.29 is 14.3 Å². The van der Waals surface area contributed by atoms with Crippen LogP contribution in [0, 0.1) is 13.8 Å². The van der Waals surface area contributed by atoms with Gasteiger partial charge in [0.2, 0.25) is 0 Å². The molecule has 4 aromatic rings. The third-order valence-corrected chi connectivity index (χ3v) is 7.06. The number of thiazole rings is 1. The summed E-state index contributed by atoms with van der Waals surface area (Å²) in [6.07, 6.45) is 0. The zero-order valence-corrected chi connectivity index (χ0v) is 20.5. The monoisotopic (exact) mass is 491 g/mol. The molecular weight excluding hydrogens is 466 g/mol. The minimum atomic E-state index is -0.449. The number of amides is 2. The number of hydrazine groups is 1. The number of hydrogen-bond acceptors (Lipinski definition) is 8. The van der Waals surface area contributed by atoms with Gasteiger partial charge in [0, 0.05) is 25.7 Å². The standard InChI is InChI=1S/C24H25N7O3S/c1-14-19-17(13-18(16-7-5-4-6-8-16)26-21(19)30(3)29-14)22(32)27-28-23(33)20-15(2)25-24(35-20)31-9-11-34-12-10-31/h4-8,13H,9-12H2,1-3H3,(H,27,32)(H,28,33). The van der Waals surface area contributed by atoms with Crippen LogP contribution in [0.2, 0.25) is 0 Å². The van der Waals surface area contributed by atoms with Crippen LogP contribution in [0.5, 0.6) is 0 Å². The molecule has 1 saturated heterocycles. The molecule has 1 aliphatic rings. The van der Waals surface area contributed by atoms with Crippen molar-refractivity contribution >= 4 is 39.3 Å². The number of rotatable bonds is 4. The van der Waals surface area contributed by atoms with Crippen LogP contribution < -0.4 is 15.8 Å². The molecule has 0 aliphatic carbocycles. The van der Waals surface area contributed by atoms with Gasteiger partial charge in [-0.3, -0.25) is 25.1 Å². The molecule has 0 atom stereocenters. The van der Waals surface area contributed by atoms with Crippen LogP contribution in [-0.4, -0.2) is 57.9 Å². The quantitative estimate of drug-likeness (QED) is 0.422. The highest BCUT2D eigenvalue weighted by atomic mass is 32.1. The number of aromatic nitrogens is 4. The summed E-state index contributed by atoms with van der Waals surface area (Å²) in [6.45, 7) is 6.35. The Labute approximate surface area is 205 Å². The maximum absolute atomic E-state index is 13.3. The lowest BCUT2D eigenvalue weighted by Gasteiger charge is -2.25. The van der Waals surface area contributed by atoms with Gasteiger partial charge in [0.15, 0.2) is 10.8 Å². The van der Waals surface area contributed by atoms with E-state index in [1.165, 1.54) is 11.3 Å². The number of carbonyl (C=O) groups is 2. The van der Waals surface area contributed by atoms with Crippen LogP contribution in [-0.2, 0) is 11.8 Å². The summed E-state index contributed by atoms with van der Waals surface area (Å²) in [4.78, 5) is 38.0. The van der Waals surface area contributed by atoms with Gasteiger partial charge in [-0.25, -0.2) is 9.97 Å². The molecular formula is C24H25N7O3S. The van der Waals surface area contributed by atoms with Gasteiger partial charge in [-0.1, -0.05) is 41.7 Å². The number of ether oxygens (including phenoxy) is 1. The van der Waals surface area contributed by atoms with Gasteiger partial charge in [0.25, 0.3) is 11.8 Å². The normalized spacial score (nSPS) is 13.7. The van der Waals surface area contributed by atoms with Crippen LogP contribution in [0.15, 0.2) is 36.4 Å². The molecule has 0 saturated carbocycles. The maximum Gasteiger partial charge on any atom is 0.281 e. The number of fused-ring (bicyclic) bond motifs is 1. The molecule has 180 valence electrons. The summed E-state index contributed by atoms with van der Waals surface area (Å²) in [5.41, 5.74) is 8.90. The largest absolute Gasteiger partial charge is 0.378 e. The third kappa shape index (κ3) is 4.47. The number of aryl methyl sites for hydroxylation is 3. The molecule has 0 spiro atoms. The van der Waals surface area contributed by atoms with Crippen molar-refractivity contribution in [2.45, 2.75) is 13.8 Å². The molecule has 0 unspecified atom stereocenters. The van der Waals surface area contributed by atoms with Gasteiger partial charge < -0.3 is 9.64 Å². The molecule has 10 nitrogen and oxygen atoms in total. The zero-order valence-electron chi connectivity index (χ0n) is 19.7. The first-order valence-corrected chi connectivity index (χ1v) is 12.0. The van der Waals surface area contributed by atoms with Crippen molar-refractivity contribution in [3.05, 3.63) is 58.2 Å². The first-order valence-electron chi connectivity index (χ1n) is 11.2. The highest BCUT2D eigenvalue weighted by molar-refractivity contribution is 7.17. The average Bonchev–Trinajstić information content (AvgIpc) is 3.41. The Kier molecular flexibility index (Phi) is 6.18. The van der Waals surface area contributed by atoms with E-state index in [1.807, 2.05) is 37.3 Å². The molecule has 5 rings (SSSR count). The molecule has 2 amide bonds. The van der Waals surface area contributed by atoms with Crippen LogP contribution in [0.3, 0.4) is 0 Å². The Hall–Kier alpha value is -3.83. The van der Waals surface area contributed by atoms with E-state index >= 15 is 0 Å². The highest BCUT2D eigenvalue weighted by Crippen LogP contribution is 2.28. The van der Waals surface area contributed by atoms with E-state index in [1.54, 1.807) is 24.7 Å². The van der Waals surface area contributed by atoms with Gasteiger partial charge >= 0.3 is 0 Å². The van der Waals surface area contributed by atoms with Crippen molar-refractivity contribution in [1.29, 1.82) is 0 Å². The van der Waals surface area contributed by atoms with Crippen LogP contribution in [0.1, 0.15) is 31.4 Å². The maximum atomic E-state index is 13.3. The Bertz CT molecular complexity index is 1410. The number of pyridine rings is 1. The molecule has 1 aromatic carbocycles. The van der Waals surface area contributed by atoms with E-state index < -0.39 is 11.8 Å². The van der Waals surface area contributed by atoms with E-state index in [-0.39, 0.29) is 0 Å². The molecule has 11 heteroatoms. The van der Waals surface area contributed by atoms with Crippen molar-refractivity contribution in [3.63, 3.8) is 0 Å². The van der Waals surface area contributed by atoms with Crippen LogP contribution in [0.25, 0.3) is 22.3 Å². The lowest BCUT2D eigenvalue weighted by molar-refractivity contribution is 0.0849. The number of nitrogens with zero attached hydrogens (tertiary/aromatic N) is 5. The lowest BCUT2D eigenvalue weighted by Crippen LogP contribution is -2.41. The smallest absolute Gasteiger partial charge is 0.281 e. The Morgan fingerprint density at radius 2 is 1.71 bits per heavy atom. The Morgan fingerprint density at radius 3 is 2.46 bits per heavy atom. The number of anilines is 1. The number of benzene rings is 1. The van der Waals surface area contributed by atoms with Gasteiger partial charge in [-0.15, -0.1) is 0 Å². The number of nitrogens with one attached hydrogen (secondary N) is 2. The molecule has 0 radical (unpaired) electrons. The van der Waals surface area contributed by atoms with Gasteiger partial charge in [0.1, 0.15) is 4.88 Å². The third-order valence-electron chi connectivity index (χ3n) is 5.85. The average molecular weight is 492 g/mol. The minimum absolute atomic E-state index is 0.384. The second-order valence-corrected chi connectivity index (χ2v) is 9.22. The number of morpholine rings is 1. The number of hydrogen-bond donors (Lipinski definition) is 2. The summed E-state index contributed by atoms with van der Waals surface area (Å²) < 4.78 is 7.04. The first-order chi connectivity index (χ1) is 16.9. The predicted octanol–water partition coefficient (Wildman–Crippen LogP) is 2.62. The Morgan fingerprint density at radius 1 is 1.00 bits per heavy atom. The van der Waals surface area contributed by atoms with Crippen molar-refractivity contribution in [2.75, 3.05) is 31.2 Å². The first kappa shape index (κ1) is 22.9. The molecule has 4 heterocycles. The highest BCUT2D eigenvalue weighted by Gasteiger charge is 2.23. The lowest BCUT2D eigenvalue weighted by atomic mass is 10.1. The fraction of sp³-hybridized carbons (Fsp3) is 0.292. The van der Waals surface area contributed by atoms with E-state index in [0.717, 1.165) is 23.8 Å². The second kappa shape index (κ2) is 9.43. The van der Waals surface area contributed by atoms with E-state index in [0.29, 0.717) is 51.8 Å². The zero-order chi connectivity index (χ0) is 24.5. The molecule has 35 heavy (non-hydrogen) atoms. The van der Waals surface area contributed by atoms with Crippen molar-refractivity contribution in [3.8, 4) is 11.3 Å². The second-order valence-electron chi connectivity index (χ2n) is 8.25. The molecule has 3 aromatic heterocycles. The van der Waals surface area contributed by atoms with Crippen LogP contribution >= 0.6 is 11.3 Å². The van der Waals surface area contributed by atoms with Gasteiger partial charge in [0.05, 0.1) is 41.2 Å². The molecule has 1 aliphatic heterocycles. The van der Waals surface area contributed by atoms with E-state index in [2.05, 4.69) is 25.8 Å². The minimum Gasteiger partial charge on any atom is -0.378 e. The summed E-state index contributed by atoms with van der Waals surface area (Å²) in [5.74, 6) is -0.862. The van der Waals surface area contributed by atoms with Crippen molar-refractivity contribution in [2.24, 2.45) is 7.05 Å². The summed E-state index contributed by atoms with van der Waals surface area (Å²) in [7, 11) is 1.79. The fourth-order valence-electron chi connectivity index (χ4n) is 4.10. The predicted molar refractivity (Wildman–Crippen MR) is 133 cm³/mol. The Balaban J connectivity index is 1.39. The SMILES string of the molecule is Cc1nc(N2CCOCC2)sc1C(=O)NNC(=O)c1cc(-c2ccccc2)nc2c1c(C)nn2C. The van der Waals surface area contributed by atoms with E-state index in [9.17, 15) is 9.59 Å². The van der Waals surface area contributed by atoms with Crippen molar-refractivity contribution in [1.82, 2.24) is 30.6 Å². The van der Waals surface area contributed by atoms with Crippen LogP contribution in [0.4, 0.5) is 5.13 Å². The van der Waals surface area contributed by atoms with Gasteiger partial charge in [-0.2, -0.15) is 5.10 Å². The number of carbonyl (C=O) groups excluding carboxylic acids is 2. The van der Waals surface area contributed by atoms with E-state index in [4.69, 9.17) is 9.72 Å². The topological polar surface area (TPSA) is 114 Å². The fourth-order valence-corrected chi connectivity index (χ4v) is 5.11. The molecule has 0 bridgehead atoms. The summed E-state index contributed by atoms with van der Waals surface area (Å²) in [6, 6.07) is 11.3. The molecule has 1 fully saturated rings. The summed E-state index contributed by atoms with van der Waals surface area (Å²) in [5, 5.41) is 5.85. The van der Waals surface area contributed by atoms with Gasteiger partial charge in [-0.05, 0) is 19.9 Å².